The molecule has 2 aliphatic carbocycles. The van der Waals surface area contributed by atoms with Gasteiger partial charge in [0.15, 0.2) is 0 Å². The average molecular weight is 691 g/mol. The van der Waals surface area contributed by atoms with E-state index in [4.69, 9.17) is 16.6 Å². The lowest BCUT2D eigenvalue weighted by atomic mass is 9.89. The maximum atomic E-state index is 13.1. The summed E-state index contributed by atoms with van der Waals surface area (Å²) < 4.78 is 1.47. The molecule has 2 aliphatic heterocycles. The van der Waals surface area contributed by atoms with E-state index in [1.165, 1.54) is 34.3 Å². The van der Waals surface area contributed by atoms with E-state index in [9.17, 15) is 9.59 Å². The number of aromatic nitrogens is 4. The number of aliphatic carboxylic acids is 1. The predicted octanol–water partition coefficient (Wildman–Crippen LogP) is 6.80. The lowest BCUT2D eigenvalue weighted by molar-refractivity contribution is -0.138. The summed E-state index contributed by atoms with van der Waals surface area (Å²) in [6, 6.07) is 12.1. The van der Waals surface area contributed by atoms with Crippen molar-refractivity contribution in [2.75, 3.05) is 35.2 Å². The minimum absolute atomic E-state index is 0. The van der Waals surface area contributed by atoms with Crippen molar-refractivity contribution in [3.05, 3.63) is 81.2 Å². The summed E-state index contributed by atoms with van der Waals surface area (Å²) in [7, 11) is 0. The Hall–Kier alpha value is -4.51. The molecule has 0 spiro atoms. The topological polar surface area (TPSA) is 177 Å². The first-order chi connectivity index (χ1) is 22.7. The van der Waals surface area contributed by atoms with Gasteiger partial charge in [-0.25, -0.2) is 0 Å². The summed E-state index contributed by atoms with van der Waals surface area (Å²) in [5, 5.41) is 27.1. The Morgan fingerprint density at radius 1 is 0.816 bits per heavy atom. The number of carboxylic acids is 1. The Morgan fingerprint density at radius 2 is 1.37 bits per heavy atom. The van der Waals surface area contributed by atoms with Gasteiger partial charge in [0, 0.05) is 41.3 Å². The molecule has 0 saturated carbocycles. The molecule has 49 heavy (non-hydrogen) atoms. The highest BCUT2D eigenvalue weighted by Crippen LogP contribution is 2.35. The van der Waals surface area contributed by atoms with Crippen LogP contribution in [0.1, 0.15) is 107 Å². The van der Waals surface area contributed by atoms with Gasteiger partial charge in [0.05, 0.1) is 17.5 Å². The Bertz CT molecular complexity index is 1780. The first kappa shape index (κ1) is 37.3. The van der Waals surface area contributed by atoms with E-state index >= 15 is 0 Å². The van der Waals surface area contributed by atoms with Gasteiger partial charge >= 0.3 is 5.97 Å². The largest absolute Gasteiger partial charge is 0.481 e. The highest BCUT2D eigenvalue weighted by molar-refractivity contribution is 5.90. The van der Waals surface area contributed by atoms with Crippen molar-refractivity contribution in [1.82, 2.24) is 20.0 Å². The van der Waals surface area contributed by atoms with E-state index in [1.54, 1.807) is 0 Å². The molecule has 12 heteroatoms. The van der Waals surface area contributed by atoms with E-state index in [2.05, 4.69) is 51.1 Å². The SMILES string of the molecule is C.Cc1ccc2c(c1)NCCC2C(=O)O.Cc1ccc2c(c1)NCCC2C(=O)n1nc2c(c1N)CCCC2.Cl.Nc1n[nH]c2c1CCCC2. The van der Waals surface area contributed by atoms with E-state index in [-0.39, 0.29) is 37.6 Å². The standard InChI is InChI=1S/C18H22N4O.C11H13NO2.C7H11N3.CH4.ClH/c1-11-6-7-12-13(8-9-20-16(12)10-11)18(23)22-17(19)14-4-2-3-5-15(14)21-22;1-7-2-3-8-9(11(13)14)4-5-12-10(8)6-7;8-7-5-3-1-2-4-6(5)9-10-7;;/h6-7,10,13,20H,2-5,8-9,19H2,1H3;2-3,6,9,12H,4-5H2,1H3,(H,13,14);1-4H2,(H3,8,9,10);1H4;1H. The molecule has 0 fully saturated rings. The maximum Gasteiger partial charge on any atom is 0.311 e. The van der Waals surface area contributed by atoms with Crippen molar-refractivity contribution in [2.24, 2.45) is 0 Å². The van der Waals surface area contributed by atoms with E-state index in [0.717, 1.165) is 97.4 Å². The van der Waals surface area contributed by atoms with Gasteiger partial charge < -0.3 is 27.2 Å². The molecular formula is C37H51ClN8O3. The fraction of sp³-hybridized carbons (Fsp3) is 0.459. The average Bonchev–Trinajstić information content (AvgIpc) is 3.63. The van der Waals surface area contributed by atoms with Crippen LogP contribution in [0.2, 0.25) is 0 Å². The van der Waals surface area contributed by atoms with E-state index in [1.807, 2.05) is 25.1 Å². The van der Waals surface area contributed by atoms with Crippen molar-refractivity contribution < 1.29 is 14.7 Å². The quantitative estimate of drug-likeness (QED) is 0.132. The van der Waals surface area contributed by atoms with E-state index < -0.39 is 5.97 Å². The van der Waals surface area contributed by atoms with Gasteiger partial charge in [-0.1, -0.05) is 31.7 Å². The fourth-order valence-corrected chi connectivity index (χ4v) is 7.18. The minimum Gasteiger partial charge on any atom is -0.481 e. The zero-order valence-corrected chi connectivity index (χ0v) is 28.6. The van der Waals surface area contributed by atoms with Gasteiger partial charge in [-0.3, -0.25) is 14.7 Å². The second kappa shape index (κ2) is 16.3. The van der Waals surface area contributed by atoms with Crippen molar-refractivity contribution >= 4 is 47.3 Å². The number of carbonyl (C=O) groups is 2. The summed E-state index contributed by atoms with van der Waals surface area (Å²) in [4.78, 5) is 24.1. The number of hydrogen-bond acceptors (Lipinski definition) is 8. The van der Waals surface area contributed by atoms with Crippen LogP contribution in [0.5, 0.6) is 0 Å². The van der Waals surface area contributed by atoms with Crippen LogP contribution in [0.3, 0.4) is 0 Å². The third-order valence-electron chi connectivity index (χ3n) is 9.76. The zero-order chi connectivity index (χ0) is 33.1. The Kier molecular flexibility index (Phi) is 12.4. The van der Waals surface area contributed by atoms with Crippen LogP contribution in [0.15, 0.2) is 36.4 Å². The maximum absolute atomic E-state index is 13.1. The van der Waals surface area contributed by atoms with Crippen molar-refractivity contribution in [3.63, 3.8) is 0 Å². The summed E-state index contributed by atoms with van der Waals surface area (Å²) in [6.07, 6.45) is 10.4. The molecule has 11 nitrogen and oxygen atoms in total. The van der Waals surface area contributed by atoms with Crippen LogP contribution in [0.4, 0.5) is 23.0 Å². The first-order valence-corrected chi connectivity index (χ1v) is 16.8. The monoisotopic (exact) mass is 690 g/mol. The number of aromatic amines is 1. The van der Waals surface area contributed by atoms with E-state index in [0.29, 0.717) is 18.1 Å². The van der Waals surface area contributed by atoms with Crippen LogP contribution >= 0.6 is 12.4 Å². The number of carboxylic acid groups (broad SMARTS) is 1. The smallest absolute Gasteiger partial charge is 0.311 e. The van der Waals surface area contributed by atoms with Crippen LogP contribution < -0.4 is 22.1 Å². The van der Waals surface area contributed by atoms with Gasteiger partial charge in [0.1, 0.15) is 11.6 Å². The molecular weight excluding hydrogens is 640 g/mol. The zero-order valence-electron chi connectivity index (χ0n) is 27.8. The molecule has 8 rings (SSSR count). The molecule has 4 heterocycles. The number of rotatable bonds is 2. The molecule has 4 aliphatic rings. The number of H-pyrrole nitrogens is 1. The highest BCUT2D eigenvalue weighted by atomic mass is 35.5. The summed E-state index contributed by atoms with van der Waals surface area (Å²) in [5.74, 6) is 0.0223. The third-order valence-corrected chi connectivity index (χ3v) is 9.76. The number of carbonyl (C=O) groups excluding carboxylic acids is 1. The van der Waals surface area contributed by atoms with Gasteiger partial charge in [0.25, 0.3) is 5.91 Å². The number of fused-ring (bicyclic) bond motifs is 4. The Morgan fingerprint density at radius 3 is 1.96 bits per heavy atom. The molecule has 2 unspecified atom stereocenters. The number of nitrogens with two attached hydrogens (primary N) is 2. The number of nitrogens with one attached hydrogen (secondary N) is 3. The molecule has 4 aromatic rings. The third kappa shape index (κ3) is 8.04. The van der Waals surface area contributed by atoms with Crippen LogP contribution in [-0.2, 0) is 30.5 Å². The molecule has 8 N–H and O–H groups in total. The predicted molar refractivity (Wildman–Crippen MR) is 199 cm³/mol. The fourth-order valence-electron chi connectivity index (χ4n) is 7.18. The van der Waals surface area contributed by atoms with Crippen LogP contribution in [0, 0.1) is 13.8 Å². The minimum atomic E-state index is -0.725. The second-order valence-corrected chi connectivity index (χ2v) is 13.1. The number of nitrogen functional groups attached to an aromatic ring is 2. The molecule has 2 aromatic carbocycles. The second-order valence-electron chi connectivity index (χ2n) is 13.1. The van der Waals surface area contributed by atoms with Crippen molar-refractivity contribution in [2.45, 2.75) is 97.3 Å². The number of benzene rings is 2. The van der Waals surface area contributed by atoms with Gasteiger partial charge in [0.2, 0.25) is 0 Å². The molecule has 0 bridgehead atoms. The summed E-state index contributed by atoms with van der Waals surface area (Å²) in [6.45, 7) is 5.61. The first-order valence-electron chi connectivity index (χ1n) is 16.8. The van der Waals surface area contributed by atoms with Crippen molar-refractivity contribution in [1.29, 1.82) is 0 Å². The lowest BCUT2D eigenvalue weighted by Crippen LogP contribution is -2.28. The van der Waals surface area contributed by atoms with Crippen molar-refractivity contribution in [3.8, 4) is 0 Å². The number of anilines is 4. The number of aryl methyl sites for hydroxylation is 4. The summed E-state index contributed by atoms with van der Waals surface area (Å²) in [5.41, 5.74) is 22.8. The van der Waals surface area contributed by atoms with Gasteiger partial charge in [-0.2, -0.15) is 14.9 Å². The Labute approximate surface area is 295 Å². The van der Waals surface area contributed by atoms with Crippen LogP contribution in [0.25, 0.3) is 0 Å². The number of halogens is 1. The molecule has 0 saturated heterocycles. The number of hydrogen-bond donors (Lipinski definition) is 6. The summed E-state index contributed by atoms with van der Waals surface area (Å²) >= 11 is 0. The van der Waals surface area contributed by atoms with Gasteiger partial charge in [-0.15, -0.1) is 12.4 Å². The molecule has 0 amide bonds. The Balaban J connectivity index is 0.000000178. The van der Waals surface area contributed by atoms with Gasteiger partial charge in [-0.05, 0) is 112 Å². The molecule has 2 atom stereocenters. The molecule has 2 aromatic heterocycles. The lowest BCUT2D eigenvalue weighted by Gasteiger charge is -2.26. The molecule has 0 radical (unpaired) electrons. The number of nitrogens with zero attached hydrogens (tertiary/aromatic N) is 3. The molecule has 264 valence electrons. The normalized spacial score (nSPS) is 18.2. The highest BCUT2D eigenvalue weighted by Gasteiger charge is 2.31. The van der Waals surface area contributed by atoms with Crippen LogP contribution in [-0.4, -0.2) is 50.1 Å².